The van der Waals surface area contributed by atoms with Crippen molar-refractivity contribution in [2.75, 3.05) is 27.3 Å². The highest BCUT2D eigenvalue weighted by atomic mass is 32.2. The molecule has 2 amide bonds. The number of thiocarbonyl (C=S) groups is 1. The van der Waals surface area contributed by atoms with Crippen molar-refractivity contribution in [1.82, 2.24) is 10.2 Å². The summed E-state index contributed by atoms with van der Waals surface area (Å²) >= 11 is 6.33. The Morgan fingerprint density at radius 1 is 1.29 bits per heavy atom. The number of hydrogen-bond donors (Lipinski definition) is 2. The molecule has 10 heteroatoms. The van der Waals surface area contributed by atoms with E-state index in [2.05, 4.69) is 5.32 Å². The number of carboxylic acid groups (broad SMARTS) is 1. The largest absolute Gasteiger partial charge is 0.493 e. The maximum Gasteiger partial charge on any atom is 0.303 e. The molecular weight excluding hydrogens is 404 g/mol. The van der Waals surface area contributed by atoms with Gasteiger partial charge in [0, 0.05) is 13.0 Å². The quantitative estimate of drug-likeness (QED) is 0.352. The van der Waals surface area contributed by atoms with Gasteiger partial charge >= 0.3 is 5.97 Å². The summed E-state index contributed by atoms with van der Waals surface area (Å²) in [5.41, 5.74) is 0.733. The average Bonchev–Trinajstić information content (AvgIpc) is 2.92. The van der Waals surface area contributed by atoms with Crippen LogP contribution in [0.15, 0.2) is 23.1 Å². The Kier molecular flexibility index (Phi) is 7.82. The predicted molar refractivity (Wildman–Crippen MR) is 109 cm³/mol. The van der Waals surface area contributed by atoms with E-state index in [9.17, 15) is 14.4 Å². The number of carbonyl (C=O) groups is 3. The number of carbonyl (C=O) groups excluding carboxylic acids is 2. The molecule has 2 rings (SSSR count). The summed E-state index contributed by atoms with van der Waals surface area (Å²) in [5, 5.41) is 11.2. The van der Waals surface area contributed by atoms with Gasteiger partial charge in [0.1, 0.15) is 10.9 Å². The van der Waals surface area contributed by atoms with Crippen LogP contribution in [0, 0.1) is 0 Å². The third kappa shape index (κ3) is 5.70. The zero-order chi connectivity index (χ0) is 20.7. The molecule has 2 N–H and O–H groups in total. The third-order valence-electron chi connectivity index (χ3n) is 3.77. The number of nitrogens with zero attached hydrogens (tertiary/aromatic N) is 1. The lowest BCUT2D eigenvalue weighted by Gasteiger charge is -2.14. The van der Waals surface area contributed by atoms with E-state index < -0.39 is 11.9 Å². The molecule has 0 unspecified atom stereocenters. The molecule has 1 saturated heterocycles. The van der Waals surface area contributed by atoms with Crippen molar-refractivity contribution in [3.63, 3.8) is 0 Å². The molecule has 1 fully saturated rings. The molecule has 1 aromatic carbocycles. The fourth-order valence-electron chi connectivity index (χ4n) is 2.40. The van der Waals surface area contributed by atoms with Crippen molar-refractivity contribution in [2.45, 2.75) is 12.8 Å². The number of ether oxygens (including phenoxy) is 2. The van der Waals surface area contributed by atoms with Crippen LogP contribution >= 0.6 is 24.0 Å². The highest BCUT2D eigenvalue weighted by Crippen LogP contribution is 2.34. The monoisotopic (exact) mass is 424 g/mol. The molecule has 0 bridgehead atoms. The number of amides is 2. The number of benzene rings is 1. The van der Waals surface area contributed by atoms with Crippen molar-refractivity contribution in [3.05, 3.63) is 28.7 Å². The third-order valence-corrected chi connectivity index (χ3v) is 5.15. The maximum absolute atomic E-state index is 12.6. The molecule has 0 atom stereocenters. The van der Waals surface area contributed by atoms with E-state index in [1.165, 1.54) is 19.1 Å². The Morgan fingerprint density at radius 2 is 2.00 bits per heavy atom. The van der Waals surface area contributed by atoms with Crippen molar-refractivity contribution >= 4 is 52.2 Å². The number of rotatable bonds is 9. The summed E-state index contributed by atoms with van der Waals surface area (Å²) in [7, 11) is 3.06. The first-order valence-corrected chi connectivity index (χ1v) is 9.54. The van der Waals surface area contributed by atoms with Crippen LogP contribution in [0.3, 0.4) is 0 Å². The summed E-state index contributed by atoms with van der Waals surface area (Å²) in [6.45, 7) is 0.0163. The Morgan fingerprint density at radius 3 is 2.64 bits per heavy atom. The van der Waals surface area contributed by atoms with Crippen LogP contribution in [0.1, 0.15) is 18.4 Å². The van der Waals surface area contributed by atoms with Crippen molar-refractivity contribution in [3.8, 4) is 11.5 Å². The predicted octanol–water partition coefficient (Wildman–Crippen LogP) is 1.89. The second-order valence-corrected chi connectivity index (χ2v) is 7.41. The Labute approximate surface area is 171 Å². The van der Waals surface area contributed by atoms with Crippen LogP contribution in [0.5, 0.6) is 11.5 Å². The standard InChI is InChI=1S/C18H20N2O6S2/c1-25-12-6-5-11(8-13(12)26-2)9-14-17(24)20(18(27)28-14)10-15(21)19-7-3-4-16(22)23/h5-6,8-9H,3-4,7,10H2,1-2H3,(H,19,21)(H,22,23)/b14-9-. The van der Waals surface area contributed by atoms with E-state index in [0.29, 0.717) is 22.8 Å². The lowest BCUT2D eigenvalue weighted by Crippen LogP contribution is -2.39. The van der Waals surface area contributed by atoms with Gasteiger partial charge in [-0.2, -0.15) is 0 Å². The highest BCUT2D eigenvalue weighted by Gasteiger charge is 2.33. The lowest BCUT2D eigenvalue weighted by molar-refractivity contribution is -0.137. The maximum atomic E-state index is 12.6. The smallest absolute Gasteiger partial charge is 0.303 e. The van der Waals surface area contributed by atoms with Crippen molar-refractivity contribution < 1.29 is 29.0 Å². The molecule has 0 aromatic heterocycles. The molecule has 150 valence electrons. The van der Waals surface area contributed by atoms with Gasteiger partial charge in [0.05, 0.1) is 19.1 Å². The summed E-state index contributed by atoms with van der Waals surface area (Å²) in [5.74, 6) is -0.565. The normalized spacial score (nSPS) is 15.1. The number of thioether (sulfide) groups is 1. The van der Waals surface area contributed by atoms with Gasteiger partial charge in [-0.1, -0.05) is 30.0 Å². The Hall–Kier alpha value is -2.59. The van der Waals surface area contributed by atoms with Gasteiger partial charge in [-0.15, -0.1) is 0 Å². The van der Waals surface area contributed by atoms with Crippen LogP contribution < -0.4 is 14.8 Å². The van der Waals surface area contributed by atoms with Gasteiger partial charge < -0.3 is 19.9 Å². The molecule has 28 heavy (non-hydrogen) atoms. The van der Waals surface area contributed by atoms with E-state index in [0.717, 1.165) is 17.3 Å². The zero-order valence-electron chi connectivity index (χ0n) is 15.4. The second-order valence-electron chi connectivity index (χ2n) is 5.73. The minimum Gasteiger partial charge on any atom is -0.493 e. The Balaban J connectivity index is 2.01. The first-order valence-electron chi connectivity index (χ1n) is 8.31. The topological polar surface area (TPSA) is 105 Å². The van der Waals surface area contributed by atoms with Crippen molar-refractivity contribution in [1.29, 1.82) is 0 Å². The summed E-state index contributed by atoms with van der Waals surface area (Å²) in [6, 6.07) is 5.25. The van der Waals surface area contributed by atoms with Gasteiger partial charge in [-0.05, 0) is 30.2 Å². The summed E-state index contributed by atoms with van der Waals surface area (Å²) < 4.78 is 10.7. The number of methoxy groups -OCH3 is 2. The van der Waals surface area contributed by atoms with Crippen LogP contribution in [0.25, 0.3) is 6.08 Å². The van der Waals surface area contributed by atoms with Crippen LogP contribution in [-0.4, -0.2) is 59.4 Å². The molecule has 0 radical (unpaired) electrons. The Bertz CT molecular complexity index is 824. The number of nitrogens with one attached hydrogen (secondary N) is 1. The van der Waals surface area contributed by atoms with E-state index in [-0.39, 0.29) is 29.7 Å². The minimum atomic E-state index is -0.925. The van der Waals surface area contributed by atoms with Crippen molar-refractivity contribution in [2.24, 2.45) is 0 Å². The first kappa shape index (κ1) is 21.7. The molecular formula is C18H20N2O6S2. The van der Waals surface area contributed by atoms with Gasteiger partial charge in [0.15, 0.2) is 11.5 Å². The van der Waals surface area contributed by atoms with Crippen LogP contribution in [-0.2, 0) is 14.4 Å². The molecule has 1 aliphatic rings. The molecule has 0 aliphatic carbocycles. The number of carboxylic acids is 1. The summed E-state index contributed by atoms with van der Waals surface area (Å²) in [4.78, 5) is 36.7. The molecule has 1 aliphatic heterocycles. The molecule has 1 aromatic rings. The SMILES string of the molecule is COc1ccc(/C=C2\SC(=S)N(CC(=O)NCCCC(=O)O)C2=O)cc1OC. The number of hydrogen-bond acceptors (Lipinski definition) is 7. The van der Waals surface area contributed by atoms with Gasteiger partial charge in [0.25, 0.3) is 5.91 Å². The van der Waals surface area contributed by atoms with E-state index in [1.807, 2.05) is 0 Å². The average molecular weight is 425 g/mol. The van der Waals surface area contributed by atoms with Gasteiger partial charge in [-0.3, -0.25) is 19.3 Å². The summed E-state index contributed by atoms with van der Waals surface area (Å²) in [6.07, 6.45) is 1.96. The molecule has 8 nitrogen and oxygen atoms in total. The fraction of sp³-hybridized carbons (Fsp3) is 0.333. The van der Waals surface area contributed by atoms with Crippen LogP contribution in [0.2, 0.25) is 0 Å². The lowest BCUT2D eigenvalue weighted by atomic mass is 10.2. The van der Waals surface area contributed by atoms with E-state index in [1.54, 1.807) is 24.3 Å². The zero-order valence-corrected chi connectivity index (χ0v) is 17.0. The first-order chi connectivity index (χ1) is 13.3. The minimum absolute atomic E-state index is 0.0323. The second kappa shape index (κ2) is 10.1. The fourth-order valence-corrected chi connectivity index (χ4v) is 3.65. The highest BCUT2D eigenvalue weighted by molar-refractivity contribution is 8.26. The number of aliphatic carboxylic acids is 1. The van der Waals surface area contributed by atoms with Gasteiger partial charge in [0.2, 0.25) is 5.91 Å². The van der Waals surface area contributed by atoms with E-state index in [4.69, 9.17) is 26.8 Å². The van der Waals surface area contributed by atoms with E-state index >= 15 is 0 Å². The molecule has 0 saturated carbocycles. The van der Waals surface area contributed by atoms with Crippen LogP contribution in [0.4, 0.5) is 0 Å². The molecule has 0 spiro atoms. The molecule has 1 heterocycles. The van der Waals surface area contributed by atoms with Gasteiger partial charge in [-0.25, -0.2) is 0 Å².